The van der Waals surface area contributed by atoms with E-state index in [0.717, 1.165) is 16.7 Å². The van der Waals surface area contributed by atoms with Crippen LogP contribution in [-0.4, -0.2) is 28.6 Å². The number of benzene rings is 3. The molecule has 6 nitrogen and oxygen atoms in total. The minimum absolute atomic E-state index is 0.0317. The molecule has 0 aromatic heterocycles. The van der Waals surface area contributed by atoms with Crippen molar-refractivity contribution in [3.63, 3.8) is 0 Å². The number of hydrogen-bond acceptors (Lipinski definition) is 4. The molecule has 0 unspecified atom stereocenters. The number of carboxylic acid groups (broad SMARTS) is 1. The number of phenolic OH excluding ortho intramolecular Hbond substituents is 1. The van der Waals surface area contributed by atoms with Gasteiger partial charge in [-0.05, 0) is 44.0 Å². The van der Waals surface area contributed by atoms with Crippen LogP contribution in [0.4, 0.5) is 11.4 Å². The van der Waals surface area contributed by atoms with Crippen LogP contribution < -0.4 is 10.2 Å². The van der Waals surface area contributed by atoms with Gasteiger partial charge >= 0.3 is 5.97 Å². The summed E-state index contributed by atoms with van der Waals surface area (Å²) in [4.78, 5) is 25.6. The number of aliphatic carboxylic acids is 1. The highest BCUT2D eigenvalue weighted by atomic mass is 35.5. The summed E-state index contributed by atoms with van der Waals surface area (Å²) in [7, 11) is 0. The molecule has 1 heterocycles. The predicted molar refractivity (Wildman–Crippen MR) is 135 cm³/mol. The number of amides is 1. The van der Waals surface area contributed by atoms with Crippen LogP contribution in [0.5, 0.6) is 5.75 Å². The van der Waals surface area contributed by atoms with Gasteiger partial charge < -0.3 is 20.4 Å². The van der Waals surface area contributed by atoms with E-state index < -0.39 is 5.97 Å². The molecule has 4 rings (SSSR count). The van der Waals surface area contributed by atoms with E-state index in [2.05, 4.69) is 11.4 Å². The van der Waals surface area contributed by atoms with E-state index in [1.165, 1.54) is 0 Å². The van der Waals surface area contributed by atoms with Gasteiger partial charge in [0.15, 0.2) is 0 Å². The van der Waals surface area contributed by atoms with Gasteiger partial charge in [0.05, 0.1) is 16.9 Å². The molecule has 0 radical (unpaired) electrons. The summed E-state index contributed by atoms with van der Waals surface area (Å²) in [6, 6.07) is 16.7. The SMILES string of the molecule is Cc1cc(C)cc(-c2cccc(N/C=C3\C(=O)N(CCCC(=O)O)c4cc(Cl)ccc43)c2O)c1. The first-order valence-corrected chi connectivity index (χ1v) is 11.3. The number of phenols is 1. The Labute approximate surface area is 203 Å². The van der Waals surface area contributed by atoms with E-state index in [0.29, 0.717) is 39.5 Å². The van der Waals surface area contributed by atoms with E-state index in [-0.39, 0.29) is 24.6 Å². The molecule has 0 bridgehead atoms. The predicted octanol–water partition coefficient (Wildman–Crippen LogP) is 5.99. The zero-order chi connectivity index (χ0) is 24.4. The summed E-state index contributed by atoms with van der Waals surface area (Å²) in [5.74, 6) is -1.07. The number of carboxylic acids is 1. The highest BCUT2D eigenvalue weighted by molar-refractivity contribution is 6.35. The minimum Gasteiger partial charge on any atom is -0.505 e. The molecule has 1 aliphatic rings. The average Bonchev–Trinajstić information content (AvgIpc) is 3.02. The number of rotatable bonds is 7. The molecule has 3 aromatic rings. The van der Waals surface area contributed by atoms with Crippen LogP contribution in [0.15, 0.2) is 60.8 Å². The maximum Gasteiger partial charge on any atom is 0.303 e. The number of fused-ring (bicyclic) bond motifs is 1. The van der Waals surface area contributed by atoms with Crippen molar-refractivity contribution in [1.29, 1.82) is 0 Å². The van der Waals surface area contributed by atoms with E-state index in [1.807, 2.05) is 38.1 Å². The van der Waals surface area contributed by atoms with Gasteiger partial charge in [0.2, 0.25) is 0 Å². The Morgan fingerprint density at radius 3 is 2.50 bits per heavy atom. The van der Waals surface area contributed by atoms with Crippen molar-refractivity contribution in [2.24, 2.45) is 0 Å². The second kappa shape index (κ2) is 9.61. The number of nitrogens with one attached hydrogen (secondary N) is 1. The van der Waals surface area contributed by atoms with Gasteiger partial charge in [-0.15, -0.1) is 0 Å². The van der Waals surface area contributed by atoms with Gasteiger partial charge in [0.25, 0.3) is 5.91 Å². The van der Waals surface area contributed by atoms with Crippen molar-refractivity contribution in [2.45, 2.75) is 26.7 Å². The van der Waals surface area contributed by atoms with Crippen LogP contribution >= 0.6 is 11.6 Å². The minimum atomic E-state index is -0.908. The van der Waals surface area contributed by atoms with Crippen molar-refractivity contribution in [2.75, 3.05) is 16.8 Å². The number of carbonyl (C=O) groups excluding carboxylic acids is 1. The third kappa shape index (κ3) is 4.77. The average molecular weight is 477 g/mol. The zero-order valence-electron chi connectivity index (χ0n) is 18.9. The smallest absolute Gasteiger partial charge is 0.303 e. The number of nitrogens with zero attached hydrogens (tertiary/aromatic N) is 1. The molecule has 0 atom stereocenters. The molecule has 0 aliphatic carbocycles. The van der Waals surface area contributed by atoms with Gasteiger partial charge in [-0.2, -0.15) is 0 Å². The Morgan fingerprint density at radius 2 is 1.79 bits per heavy atom. The number of para-hydroxylation sites is 1. The Morgan fingerprint density at radius 1 is 1.06 bits per heavy atom. The maximum atomic E-state index is 13.2. The fraction of sp³-hybridized carbons (Fsp3) is 0.185. The number of halogens is 1. The van der Waals surface area contributed by atoms with Crippen molar-refractivity contribution >= 4 is 40.4 Å². The summed E-state index contributed by atoms with van der Waals surface area (Å²) in [5, 5.41) is 23.5. The summed E-state index contributed by atoms with van der Waals surface area (Å²) < 4.78 is 0. The lowest BCUT2D eigenvalue weighted by Gasteiger charge is -2.16. The Balaban J connectivity index is 1.65. The van der Waals surface area contributed by atoms with E-state index in [9.17, 15) is 14.7 Å². The molecular formula is C27H25ClN2O4. The Hall–Kier alpha value is -3.77. The second-order valence-electron chi connectivity index (χ2n) is 8.40. The molecule has 3 N–H and O–H groups in total. The number of hydrogen-bond donors (Lipinski definition) is 3. The quantitative estimate of drug-likeness (QED) is 0.287. The lowest BCUT2D eigenvalue weighted by molar-refractivity contribution is -0.137. The summed E-state index contributed by atoms with van der Waals surface area (Å²) in [6.45, 7) is 4.29. The first kappa shape index (κ1) is 23.4. The van der Waals surface area contributed by atoms with Crippen molar-refractivity contribution in [3.8, 4) is 16.9 Å². The number of anilines is 2. The van der Waals surface area contributed by atoms with Crippen LogP contribution in [0.25, 0.3) is 16.7 Å². The maximum absolute atomic E-state index is 13.2. The van der Waals surface area contributed by atoms with Crippen LogP contribution in [-0.2, 0) is 9.59 Å². The van der Waals surface area contributed by atoms with Crippen LogP contribution in [0, 0.1) is 13.8 Å². The lowest BCUT2D eigenvalue weighted by Crippen LogP contribution is -2.28. The normalized spacial score (nSPS) is 13.9. The molecule has 7 heteroatoms. The number of aromatic hydroxyl groups is 1. The summed E-state index contributed by atoms with van der Waals surface area (Å²) in [5.41, 5.74) is 6.03. The lowest BCUT2D eigenvalue weighted by atomic mass is 9.99. The summed E-state index contributed by atoms with van der Waals surface area (Å²) >= 11 is 6.16. The molecule has 34 heavy (non-hydrogen) atoms. The monoisotopic (exact) mass is 476 g/mol. The molecule has 0 fully saturated rings. The van der Waals surface area contributed by atoms with Gasteiger partial charge in [-0.25, -0.2) is 0 Å². The van der Waals surface area contributed by atoms with E-state index in [1.54, 1.807) is 35.4 Å². The number of carbonyl (C=O) groups is 2. The molecule has 1 amide bonds. The second-order valence-corrected chi connectivity index (χ2v) is 8.83. The third-order valence-electron chi connectivity index (χ3n) is 5.73. The van der Waals surface area contributed by atoms with Crippen molar-refractivity contribution in [1.82, 2.24) is 0 Å². The summed E-state index contributed by atoms with van der Waals surface area (Å²) in [6.07, 6.45) is 1.87. The van der Waals surface area contributed by atoms with Gasteiger partial charge in [-0.3, -0.25) is 9.59 Å². The fourth-order valence-electron chi connectivity index (χ4n) is 4.25. The molecule has 0 spiro atoms. The molecular weight excluding hydrogens is 452 g/mol. The van der Waals surface area contributed by atoms with Crippen molar-refractivity contribution in [3.05, 3.63) is 82.5 Å². The number of aryl methyl sites for hydroxylation is 2. The highest BCUT2D eigenvalue weighted by Crippen LogP contribution is 2.40. The molecule has 0 saturated heterocycles. The van der Waals surface area contributed by atoms with Crippen LogP contribution in [0.1, 0.15) is 29.5 Å². The molecule has 1 aliphatic heterocycles. The van der Waals surface area contributed by atoms with Crippen LogP contribution in [0.2, 0.25) is 5.02 Å². The molecule has 174 valence electrons. The largest absolute Gasteiger partial charge is 0.505 e. The van der Waals surface area contributed by atoms with Gasteiger partial charge in [0, 0.05) is 35.3 Å². The van der Waals surface area contributed by atoms with E-state index >= 15 is 0 Å². The topological polar surface area (TPSA) is 89.9 Å². The Bertz CT molecular complexity index is 1300. The van der Waals surface area contributed by atoms with E-state index in [4.69, 9.17) is 16.7 Å². The molecule has 0 saturated carbocycles. The van der Waals surface area contributed by atoms with Gasteiger partial charge in [-0.1, -0.05) is 59.1 Å². The first-order valence-electron chi connectivity index (χ1n) is 11.0. The standard InChI is InChI=1S/C27H25ClN2O4/c1-16-11-17(2)13-18(12-16)20-5-3-6-23(26(20)33)29-15-22-21-9-8-19(28)14-24(21)30(27(22)34)10-4-7-25(31)32/h3,5-6,8-9,11-15,29,33H,4,7,10H2,1-2H3,(H,31,32)/b22-15-. The third-order valence-corrected chi connectivity index (χ3v) is 5.96. The molecule has 3 aromatic carbocycles. The fourth-order valence-corrected chi connectivity index (χ4v) is 4.42. The van der Waals surface area contributed by atoms with Crippen LogP contribution in [0.3, 0.4) is 0 Å². The van der Waals surface area contributed by atoms with Gasteiger partial charge in [0.1, 0.15) is 5.75 Å². The first-order chi connectivity index (χ1) is 16.2. The zero-order valence-corrected chi connectivity index (χ0v) is 19.7. The Kier molecular flexibility index (Phi) is 6.61. The van der Waals surface area contributed by atoms with Crippen molar-refractivity contribution < 1.29 is 19.8 Å². The highest BCUT2D eigenvalue weighted by Gasteiger charge is 2.32.